The van der Waals surface area contributed by atoms with Gasteiger partial charge < -0.3 is 11.1 Å². The van der Waals surface area contributed by atoms with Crippen LogP contribution in [0.3, 0.4) is 0 Å². The molecule has 0 aliphatic heterocycles. The van der Waals surface area contributed by atoms with Crippen LogP contribution < -0.4 is 11.1 Å². The fourth-order valence-corrected chi connectivity index (χ4v) is 2.74. The van der Waals surface area contributed by atoms with Gasteiger partial charge in [0.25, 0.3) is 0 Å². The van der Waals surface area contributed by atoms with Crippen LogP contribution >= 0.6 is 24.2 Å². The largest absolute Gasteiger partial charge is 0.354 e. The Labute approximate surface area is 115 Å². The van der Waals surface area contributed by atoms with Gasteiger partial charge in [0.05, 0.1) is 5.25 Å². The molecule has 5 heteroatoms. The highest BCUT2D eigenvalue weighted by Crippen LogP contribution is 2.31. The van der Waals surface area contributed by atoms with Gasteiger partial charge in [-0.05, 0) is 30.4 Å². The molecule has 1 rings (SSSR count). The third kappa shape index (κ3) is 5.98. The second-order valence-corrected chi connectivity index (χ2v) is 6.28. The van der Waals surface area contributed by atoms with E-state index in [4.69, 9.17) is 5.73 Å². The number of hydrogen-bond acceptors (Lipinski definition) is 3. The van der Waals surface area contributed by atoms with Gasteiger partial charge in [0.15, 0.2) is 0 Å². The van der Waals surface area contributed by atoms with Crippen molar-refractivity contribution < 1.29 is 4.79 Å². The predicted molar refractivity (Wildman–Crippen MR) is 77.7 cm³/mol. The molecule has 0 heterocycles. The molecular weight excluding hydrogens is 256 g/mol. The molecule has 0 aromatic carbocycles. The fraction of sp³-hybridized carbons (Fsp3) is 0.917. The molecule has 0 saturated heterocycles. The summed E-state index contributed by atoms with van der Waals surface area (Å²) in [5.41, 5.74) is 5.96. The number of halogens is 1. The van der Waals surface area contributed by atoms with Crippen LogP contribution in [0.15, 0.2) is 0 Å². The summed E-state index contributed by atoms with van der Waals surface area (Å²) in [4.78, 5) is 11.9. The first-order chi connectivity index (χ1) is 7.56. The zero-order valence-corrected chi connectivity index (χ0v) is 12.6. The Morgan fingerprint density at radius 3 is 2.47 bits per heavy atom. The number of nitrogens with two attached hydrogens (primary N) is 1. The van der Waals surface area contributed by atoms with Crippen molar-refractivity contribution in [2.24, 2.45) is 17.6 Å². The van der Waals surface area contributed by atoms with E-state index in [1.807, 2.05) is 0 Å². The summed E-state index contributed by atoms with van der Waals surface area (Å²) in [5.74, 6) is 2.15. The molecule has 0 spiro atoms. The van der Waals surface area contributed by atoms with Crippen LogP contribution in [-0.2, 0) is 4.79 Å². The predicted octanol–water partition coefficient (Wildman–Crippen LogP) is 2.04. The van der Waals surface area contributed by atoms with Crippen molar-refractivity contribution in [3.63, 3.8) is 0 Å². The molecule has 17 heavy (non-hydrogen) atoms. The van der Waals surface area contributed by atoms with Gasteiger partial charge in [-0.1, -0.05) is 20.8 Å². The normalized spacial score (nSPS) is 18.4. The first-order valence-corrected chi connectivity index (χ1v) is 7.26. The lowest BCUT2D eigenvalue weighted by Gasteiger charge is -2.20. The van der Waals surface area contributed by atoms with E-state index in [0.717, 1.165) is 5.75 Å². The van der Waals surface area contributed by atoms with Crippen LogP contribution in [0.2, 0.25) is 0 Å². The topological polar surface area (TPSA) is 55.1 Å². The van der Waals surface area contributed by atoms with E-state index in [0.29, 0.717) is 18.4 Å². The standard InChI is InChI=1S/C12H24N2OS.ClH/c1-4-16-11(8(2)3)12(15)14-7-10(13)9-5-6-9;/h8-11H,4-7,13H2,1-3H3,(H,14,15);1H. The van der Waals surface area contributed by atoms with Crippen molar-refractivity contribution in [3.8, 4) is 0 Å². The molecular formula is C12H25ClN2OS. The summed E-state index contributed by atoms with van der Waals surface area (Å²) in [6, 6.07) is 0.156. The van der Waals surface area contributed by atoms with E-state index in [1.165, 1.54) is 12.8 Å². The van der Waals surface area contributed by atoms with Gasteiger partial charge in [0, 0.05) is 12.6 Å². The van der Waals surface area contributed by atoms with E-state index < -0.39 is 0 Å². The Hall–Kier alpha value is 0.0700. The van der Waals surface area contributed by atoms with Crippen LogP contribution in [-0.4, -0.2) is 29.5 Å². The van der Waals surface area contributed by atoms with Gasteiger partial charge in [0.1, 0.15) is 0 Å². The van der Waals surface area contributed by atoms with E-state index in [1.54, 1.807) is 11.8 Å². The summed E-state index contributed by atoms with van der Waals surface area (Å²) in [7, 11) is 0. The van der Waals surface area contributed by atoms with Crippen molar-refractivity contribution in [3.05, 3.63) is 0 Å². The molecule has 2 atom stereocenters. The number of amides is 1. The van der Waals surface area contributed by atoms with Crippen molar-refractivity contribution in [2.75, 3.05) is 12.3 Å². The molecule has 1 fully saturated rings. The molecule has 0 aromatic rings. The van der Waals surface area contributed by atoms with Gasteiger partial charge in [0.2, 0.25) is 5.91 Å². The lowest BCUT2D eigenvalue weighted by atomic mass is 10.1. The number of carbonyl (C=O) groups is 1. The fourth-order valence-electron chi connectivity index (χ4n) is 1.76. The third-order valence-electron chi connectivity index (χ3n) is 2.95. The van der Waals surface area contributed by atoms with E-state index in [9.17, 15) is 4.79 Å². The molecule has 1 aliphatic carbocycles. The number of carbonyl (C=O) groups excluding carboxylic acids is 1. The highest BCUT2D eigenvalue weighted by Gasteiger charge is 2.29. The molecule has 1 aliphatic rings. The Morgan fingerprint density at radius 2 is 2.06 bits per heavy atom. The highest BCUT2D eigenvalue weighted by molar-refractivity contribution is 8.00. The SMILES string of the molecule is CCSC(C(=O)NCC(N)C1CC1)C(C)C.Cl. The van der Waals surface area contributed by atoms with Gasteiger partial charge in [-0.25, -0.2) is 0 Å². The Kier molecular flexibility index (Phi) is 8.25. The zero-order valence-electron chi connectivity index (χ0n) is 10.9. The number of hydrogen-bond donors (Lipinski definition) is 2. The minimum absolute atomic E-state index is 0. The first-order valence-electron chi connectivity index (χ1n) is 6.21. The summed E-state index contributed by atoms with van der Waals surface area (Å²) in [5, 5.41) is 3.05. The van der Waals surface area contributed by atoms with Crippen LogP contribution in [0.4, 0.5) is 0 Å². The summed E-state index contributed by atoms with van der Waals surface area (Å²) in [6.07, 6.45) is 2.46. The van der Waals surface area contributed by atoms with Crippen LogP contribution in [0, 0.1) is 11.8 Å². The second kappa shape index (κ2) is 8.22. The monoisotopic (exact) mass is 280 g/mol. The minimum atomic E-state index is 0. The van der Waals surface area contributed by atoms with E-state index in [2.05, 4.69) is 26.1 Å². The molecule has 2 unspecified atom stereocenters. The molecule has 0 radical (unpaired) electrons. The van der Waals surface area contributed by atoms with Gasteiger partial charge in [-0.3, -0.25) is 4.79 Å². The Morgan fingerprint density at radius 1 is 1.47 bits per heavy atom. The number of nitrogens with one attached hydrogen (secondary N) is 1. The molecule has 1 saturated carbocycles. The summed E-state index contributed by atoms with van der Waals surface area (Å²) in [6.45, 7) is 6.90. The maximum atomic E-state index is 11.9. The lowest BCUT2D eigenvalue weighted by molar-refractivity contribution is -0.121. The highest BCUT2D eigenvalue weighted by atomic mass is 35.5. The van der Waals surface area contributed by atoms with E-state index in [-0.39, 0.29) is 29.6 Å². The average Bonchev–Trinajstić information content (AvgIpc) is 3.05. The van der Waals surface area contributed by atoms with Crippen LogP contribution in [0.5, 0.6) is 0 Å². The van der Waals surface area contributed by atoms with Crippen molar-refractivity contribution in [2.45, 2.75) is 44.9 Å². The average molecular weight is 281 g/mol. The molecule has 0 bridgehead atoms. The summed E-state index contributed by atoms with van der Waals surface area (Å²) < 4.78 is 0. The zero-order chi connectivity index (χ0) is 12.1. The van der Waals surface area contributed by atoms with Gasteiger partial charge in [-0.2, -0.15) is 0 Å². The second-order valence-electron chi connectivity index (χ2n) is 4.87. The van der Waals surface area contributed by atoms with Crippen LogP contribution in [0.25, 0.3) is 0 Å². The summed E-state index contributed by atoms with van der Waals surface area (Å²) >= 11 is 1.72. The van der Waals surface area contributed by atoms with Crippen LogP contribution in [0.1, 0.15) is 33.6 Å². The minimum Gasteiger partial charge on any atom is -0.354 e. The third-order valence-corrected chi connectivity index (χ3v) is 4.40. The Balaban J connectivity index is 0.00000256. The lowest BCUT2D eigenvalue weighted by Crippen LogP contribution is -2.43. The van der Waals surface area contributed by atoms with Crippen molar-refractivity contribution in [1.29, 1.82) is 0 Å². The maximum absolute atomic E-state index is 11.9. The first kappa shape index (κ1) is 17.1. The number of rotatable bonds is 7. The maximum Gasteiger partial charge on any atom is 0.233 e. The number of thioether (sulfide) groups is 1. The van der Waals surface area contributed by atoms with Crippen molar-refractivity contribution >= 4 is 30.1 Å². The molecule has 1 amide bonds. The molecule has 0 aromatic heterocycles. The quantitative estimate of drug-likeness (QED) is 0.750. The van der Waals surface area contributed by atoms with Gasteiger partial charge >= 0.3 is 0 Å². The van der Waals surface area contributed by atoms with Gasteiger partial charge in [-0.15, -0.1) is 24.2 Å². The van der Waals surface area contributed by atoms with E-state index >= 15 is 0 Å². The molecule has 3 nitrogen and oxygen atoms in total. The van der Waals surface area contributed by atoms with Crippen molar-refractivity contribution in [1.82, 2.24) is 5.32 Å². The Bertz CT molecular complexity index is 235. The molecule has 102 valence electrons. The smallest absolute Gasteiger partial charge is 0.233 e. The molecule has 3 N–H and O–H groups in total.